The summed E-state index contributed by atoms with van der Waals surface area (Å²) in [5.74, 6) is 1.80. The van der Waals surface area contributed by atoms with Crippen LogP contribution >= 0.6 is 12.4 Å². The number of carbonyl (C=O) groups is 1. The lowest BCUT2D eigenvalue weighted by molar-refractivity contribution is -0.130. The minimum absolute atomic E-state index is 0. The van der Waals surface area contributed by atoms with Crippen LogP contribution in [-0.2, 0) is 11.2 Å². The molecule has 0 saturated carbocycles. The van der Waals surface area contributed by atoms with Gasteiger partial charge in [0.15, 0.2) is 0 Å². The Hall–Kier alpha value is -1.13. The zero-order valence-corrected chi connectivity index (χ0v) is 12.4. The number of halogens is 1. The van der Waals surface area contributed by atoms with Crippen LogP contribution in [0.15, 0.2) is 24.5 Å². The van der Waals surface area contributed by atoms with Crippen molar-refractivity contribution in [1.82, 2.24) is 15.2 Å². The maximum Gasteiger partial charge on any atom is 0.227 e. The van der Waals surface area contributed by atoms with Crippen molar-refractivity contribution >= 4 is 18.3 Å². The molecule has 0 bridgehead atoms. The normalized spacial score (nSPS) is 25.5. The van der Waals surface area contributed by atoms with Crippen molar-refractivity contribution in [3.05, 3.63) is 30.1 Å². The van der Waals surface area contributed by atoms with Crippen molar-refractivity contribution in [2.75, 3.05) is 26.2 Å². The molecule has 2 aliphatic heterocycles. The molecule has 110 valence electrons. The van der Waals surface area contributed by atoms with Gasteiger partial charge < -0.3 is 10.2 Å². The van der Waals surface area contributed by atoms with Crippen LogP contribution < -0.4 is 5.32 Å². The summed E-state index contributed by atoms with van der Waals surface area (Å²) in [7, 11) is 0. The van der Waals surface area contributed by atoms with Gasteiger partial charge in [-0.2, -0.15) is 0 Å². The molecule has 4 nitrogen and oxygen atoms in total. The molecule has 0 aromatic carbocycles. The second kappa shape index (κ2) is 7.04. The number of nitrogens with one attached hydrogen (secondary N) is 1. The molecule has 2 fully saturated rings. The summed E-state index contributed by atoms with van der Waals surface area (Å²) in [5, 5.41) is 3.46. The second-order valence-corrected chi connectivity index (χ2v) is 5.67. The molecule has 1 amide bonds. The van der Waals surface area contributed by atoms with E-state index in [1.54, 1.807) is 12.4 Å². The first-order valence-corrected chi connectivity index (χ1v) is 7.20. The highest BCUT2D eigenvalue weighted by Gasteiger charge is 2.31. The molecule has 5 heteroatoms. The lowest BCUT2D eigenvalue weighted by atomic mass is 9.92. The molecule has 1 aromatic heterocycles. The van der Waals surface area contributed by atoms with Gasteiger partial charge in [0.05, 0.1) is 6.42 Å². The minimum Gasteiger partial charge on any atom is -0.342 e. The van der Waals surface area contributed by atoms with E-state index < -0.39 is 0 Å². The Kier molecular flexibility index (Phi) is 5.38. The van der Waals surface area contributed by atoms with Crippen LogP contribution in [0.5, 0.6) is 0 Å². The molecule has 2 atom stereocenters. The third-order valence-corrected chi connectivity index (χ3v) is 4.45. The molecule has 0 aliphatic carbocycles. The molecule has 3 heterocycles. The monoisotopic (exact) mass is 295 g/mol. The Balaban J connectivity index is 0.00000147. The van der Waals surface area contributed by atoms with Crippen molar-refractivity contribution in [3.8, 4) is 0 Å². The van der Waals surface area contributed by atoms with E-state index in [9.17, 15) is 4.79 Å². The van der Waals surface area contributed by atoms with Crippen molar-refractivity contribution in [1.29, 1.82) is 0 Å². The van der Waals surface area contributed by atoms with Crippen LogP contribution in [0.3, 0.4) is 0 Å². The summed E-state index contributed by atoms with van der Waals surface area (Å²) in [4.78, 5) is 18.4. The predicted molar refractivity (Wildman–Crippen MR) is 80.9 cm³/mol. The first-order valence-electron chi connectivity index (χ1n) is 7.20. The van der Waals surface area contributed by atoms with Gasteiger partial charge in [-0.25, -0.2) is 0 Å². The summed E-state index contributed by atoms with van der Waals surface area (Å²) in [6, 6.07) is 3.86. The average Bonchev–Trinajstić information content (AvgIpc) is 2.78. The van der Waals surface area contributed by atoms with Gasteiger partial charge in [0.1, 0.15) is 0 Å². The highest BCUT2D eigenvalue weighted by Crippen LogP contribution is 2.27. The van der Waals surface area contributed by atoms with E-state index in [4.69, 9.17) is 0 Å². The number of amides is 1. The van der Waals surface area contributed by atoms with Crippen molar-refractivity contribution < 1.29 is 4.79 Å². The molecular formula is C15H22ClN3O. The predicted octanol–water partition coefficient (Wildman–Crippen LogP) is 1.50. The maximum absolute atomic E-state index is 12.3. The van der Waals surface area contributed by atoms with Crippen LogP contribution in [0.2, 0.25) is 0 Å². The lowest BCUT2D eigenvalue weighted by Gasteiger charge is -2.20. The Morgan fingerprint density at radius 2 is 2.00 bits per heavy atom. The number of rotatable bonds is 2. The van der Waals surface area contributed by atoms with Gasteiger partial charge in [-0.05, 0) is 49.4 Å². The van der Waals surface area contributed by atoms with Gasteiger partial charge in [-0.3, -0.25) is 9.78 Å². The molecule has 0 radical (unpaired) electrons. The molecule has 0 spiro atoms. The third-order valence-electron chi connectivity index (χ3n) is 4.45. The SMILES string of the molecule is Cl.O=C(Cc1cccnc1)N1CC[C@@H]2CNC[C@@H]2CC1. The maximum atomic E-state index is 12.3. The van der Waals surface area contributed by atoms with Gasteiger partial charge in [0, 0.05) is 25.5 Å². The van der Waals surface area contributed by atoms with E-state index in [0.717, 1.165) is 56.4 Å². The zero-order chi connectivity index (χ0) is 13.1. The van der Waals surface area contributed by atoms with E-state index in [0.29, 0.717) is 6.42 Å². The van der Waals surface area contributed by atoms with Gasteiger partial charge >= 0.3 is 0 Å². The van der Waals surface area contributed by atoms with E-state index in [1.807, 2.05) is 17.0 Å². The van der Waals surface area contributed by atoms with Crippen LogP contribution in [0.1, 0.15) is 18.4 Å². The fourth-order valence-electron chi connectivity index (χ4n) is 3.26. The quantitative estimate of drug-likeness (QED) is 0.899. The van der Waals surface area contributed by atoms with Crippen molar-refractivity contribution in [2.45, 2.75) is 19.3 Å². The molecule has 1 aromatic rings. The van der Waals surface area contributed by atoms with Crippen molar-refractivity contribution in [3.63, 3.8) is 0 Å². The van der Waals surface area contributed by atoms with Gasteiger partial charge in [-0.1, -0.05) is 6.07 Å². The van der Waals surface area contributed by atoms with E-state index in [-0.39, 0.29) is 18.3 Å². The summed E-state index contributed by atoms with van der Waals surface area (Å²) >= 11 is 0. The number of fused-ring (bicyclic) bond motifs is 1. The number of carbonyl (C=O) groups excluding carboxylic acids is 1. The standard InChI is InChI=1S/C15H21N3O.ClH/c19-15(8-12-2-1-5-16-9-12)18-6-3-13-10-17-11-14(13)4-7-18;/h1-2,5,9,13-14,17H,3-4,6-8,10-11H2;1H/t13-,14+;. The van der Waals surface area contributed by atoms with Crippen LogP contribution in [0.4, 0.5) is 0 Å². The van der Waals surface area contributed by atoms with E-state index in [1.165, 1.54) is 0 Å². The highest BCUT2D eigenvalue weighted by molar-refractivity contribution is 5.85. The summed E-state index contributed by atoms with van der Waals surface area (Å²) in [5.41, 5.74) is 1.01. The molecule has 1 N–H and O–H groups in total. The third kappa shape index (κ3) is 3.49. The molecular weight excluding hydrogens is 274 g/mol. The van der Waals surface area contributed by atoms with Gasteiger partial charge in [0.25, 0.3) is 0 Å². The summed E-state index contributed by atoms with van der Waals surface area (Å²) in [6.45, 7) is 4.11. The molecule has 3 rings (SSSR count). The number of aromatic nitrogens is 1. The zero-order valence-electron chi connectivity index (χ0n) is 11.6. The van der Waals surface area contributed by atoms with Crippen LogP contribution in [-0.4, -0.2) is 42.0 Å². The summed E-state index contributed by atoms with van der Waals surface area (Å²) < 4.78 is 0. The molecule has 2 aliphatic rings. The smallest absolute Gasteiger partial charge is 0.227 e. The van der Waals surface area contributed by atoms with Gasteiger partial charge in [-0.15, -0.1) is 12.4 Å². The Morgan fingerprint density at radius 1 is 1.30 bits per heavy atom. The lowest BCUT2D eigenvalue weighted by Crippen LogP contribution is -2.33. The number of likely N-dealkylation sites (tertiary alicyclic amines) is 1. The minimum atomic E-state index is 0. The largest absolute Gasteiger partial charge is 0.342 e. The van der Waals surface area contributed by atoms with Gasteiger partial charge in [0.2, 0.25) is 5.91 Å². The fraction of sp³-hybridized carbons (Fsp3) is 0.600. The van der Waals surface area contributed by atoms with Crippen molar-refractivity contribution in [2.24, 2.45) is 11.8 Å². The average molecular weight is 296 g/mol. The first kappa shape index (κ1) is 15.3. The Bertz CT molecular complexity index is 426. The topological polar surface area (TPSA) is 45.2 Å². The van der Waals surface area contributed by atoms with Crippen LogP contribution in [0.25, 0.3) is 0 Å². The number of pyridine rings is 1. The number of hydrogen-bond donors (Lipinski definition) is 1. The van der Waals surface area contributed by atoms with E-state index in [2.05, 4.69) is 10.3 Å². The highest BCUT2D eigenvalue weighted by atomic mass is 35.5. The molecule has 2 saturated heterocycles. The molecule has 20 heavy (non-hydrogen) atoms. The Labute approximate surface area is 126 Å². The molecule has 0 unspecified atom stereocenters. The Morgan fingerprint density at radius 3 is 2.60 bits per heavy atom. The number of nitrogens with zero attached hydrogens (tertiary/aromatic N) is 2. The second-order valence-electron chi connectivity index (χ2n) is 5.67. The number of hydrogen-bond acceptors (Lipinski definition) is 3. The first-order chi connectivity index (χ1) is 9.33. The van der Waals surface area contributed by atoms with E-state index >= 15 is 0 Å². The summed E-state index contributed by atoms with van der Waals surface area (Å²) in [6.07, 6.45) is 6.32. The fourth-order valence-corrected chi connectivity index (χ4v) is 3.26. The van der Waals surface area contributed by atoms with Crippen LogP contribution in [0, 0.1) is 11.8 Å².